The normalized spacial score (nSPS) is 10.2. The number of aryl methyl sites for hydroxylation is 2. The summed E-state index contributed by atoms with van der Waals surface area (Å²) in [5, 5.41) is 14.1. The summed E-state index contributed by atoms with van der Waals surface area (Å²) >= 11 is 5.85. The topological polar surface area (TPSA) is 81.5 Å². The Labute approximate surface area is 138 Å². The van der Waals surface area contributed by atoms with Crippen LogP contribution in [0.2, 0.25) is 5.02 Å². The number of halogens is 1. The van der Waals surface area contributed by atoms with Gasteiger partial charge in [0.05, 0.1) is 4.92 Å². The summed E-state index contributed by atoms with van der Waals surface area (Å²) < 4.78 is 5.42. The van der Waals surface area contributed by atoms with Crippen LogP contribution in [-0.4, -0.2) is 17.4 Å². The number of benzene rings is 2. The van der Waals surface area contributed by atoms with Gasteiger partial charge in [-0.25, -0.2) is 0 Å². The Hall–Kier alpha value is -2.60. The highest BCUT2D eigenvalue weighted by Crippen LogP contribution is 2.23. The van der Waals surface area contributed by atoms with Gasteiger partial charge in [-0.2, -0.15) is 0 Å². The molecule has 0 bridgehead atoms. The highest BCUT2D eigenvalue weighted by atomic mass is 35.5. The molecular weight excluding hydrogens is 320 g/mol. The second-order valence-corrected chi connectivity index (χ2v) is 5.44. The van der Waals surface area contributed by atoms with Crippen LogP contribution in [0.25, 0.3) is 0 Å². The van der Waals surface area contributed by atoms with Crippen LogP contribution < -0.4 is 10.1 Å². The van der Waals surface area contributed by atoms with Gasteiger partial charge < -0.3 is 10.1 Å². The van der Waals surface area contributed by atoms with E-state index in [0.29, 0.717) is 22.0 Å². The minimum atomic E-state index is -0.488. The monoisotopic (exact) mass is 334 g/mol. The first-order valence-corrected chi connectivity index (χ1v) is 7.18. The second kappa shape index (κ2) is 7.11. The zero-order valence-electron chi connectivity index (χ0n) is 12.6. The molecule has 0 radical (unpaired) electrons. The van der Waals surface area contributed by atoms with Crippen LogP contribution in [0, 0.1) is 24.0 Å². The van der Waals surface area contributed by atoms with E-state index in [9.17, 15) is 14.9 Å². The lowest BCUT2D eigenvalue weighted by molar-refractivity contribution is -0.385. The number of rotatable bonds is 5. The van der Waals surface area contributed by atoms with Crippen molar-refractivity contribution in [2.24, 2.45) is 0 Å². The van der Waals surface area contributed by atoms with Crippen molar-refractivity contribution in [3.63, 3.8) is 0 Å². The van der Waals surface area contributed by atoms with E-state index >= 15 is 0 Å². The maximum absolute atomic E-state index is 11.9. The Bertz CT molecular complexity index is 762. The third-order valence-corrected chi connectivity index (χ3v) is 3.42. The molecule has 0 atom stereocenters. The minimum absolute atomic E-state index is 0.0442. The molecule has 1 amide bonds. The lowest BCUT2D eigenvalue weighted by atomic mass is 10.2. The second-order valence-electron chi connectivity index (χ2n) is 5.01. The number of anilines is 1. The van der Waals surface area contributed by atoms with Crippen LogP contribution >= 0.6 is 11.6 Å². The van der Waals surface area contributed by atoms with Crippen molar-refractivity contribution < 1.29 is 14.5 Å². The molecule has 0 aliphatic rings. The van der Waals surface area contributed by atoms with Crippen molar-refractivity contribution in [1.29, 1.82) is 0 Å². The fraction of sp³-hybridized carbons (Fsp3) is 0.188. The highest BCUT2D eigenvalue weighted by Gasteiger charge is 2.13. The van der Waals surface area contributed by atoms with Crippen LogP contribution in [0.4, 0.5) is 11.4 Å². The first-order valence-electron chi connectivity index (χ1n) is 6.80. The average Bonchev–Trinajstić information content (AvgIpc) is 2.48. The smallest absolute Gasteiger partial charge is 0.274 e. The molecule has 6 nitrogen and oxygen atoms in total. The molecule has 1 N–H and O–H groups in total. The SMILES string of the molecule is Cc1cc(Cl)ccc1OCC(=O)Nc1ccc(C)c([N+](=O)[O-])c1. The van der Waals surface area contributed by atoms with Crippen LogP contribution in [-0.2, 0) is 4.79 Å². The van der Waals surface area contributed by atoms with Gasteiger partial charge in [0.15, 0.2) is 6.61 Å². The quantitative estimate of drug-likeness (QED) is 0.664. The molecule has 120 valence electrons. The van der Waals surface area contributed by atoms with Crippen molar-refractivity contribution in [2.45, 2.75) is 13.8 Å². The first kappa shape index (κ1) is 16.8. The van der Waals surface area contributed by atoms with Crippen LogP contribution in [0.5, 0.6) is 5.75 Å². The zero-order chi connectivity index (χ0) is 17.0. The molecule has 7 heteroatoms. The number of amides is 1. The molecule has 0 aliphatic carbocycles. The number of carbonyl (C=O) groups excluding carboxylic acids is 1. The number of nitrogens with one attached hydrogen (secondary N) is 1. The fourth-order valence-corrected chi connectivity index (χ4v) is 2.23. The summed E-state index contributed by atoms with van der Waals surface area (Å²) in [6.07, 6.45) is 0. The predicted molar refractivity (Wildman–Crippen MR) is 88.1 cm³/mol. The van der Waals surface area contributed by atoms with Crippen molar-refractivity contribution >= 4 is 28.9 Å². The number of hydrogen-bond donors (Lipinski definition) is 1. The lowest BCUT2D eigenvalue weighted by Crippen LogP contribution is -2.20. The Morgan fingerprint density at radius 1 is 1.22 bits per heavy atom. The first-order chi connectivity index (χ1) is 10.9. The van der Waals surface area contributed by atoms with Gasteiger partial charge in [-0.15, -0.1) is 0 Å². The number of ether oxygens (including phenoxy) is 1. The molecule has 0 aromatic heterocycles. The van der Waals surface area contributed by atoms with Gasteiger partial charge >= 0.3 is 0 Å². The van der Waals surface area contributed by atoms with Gasteiger partial charge in [0.1, 0.15) is 5.75 Å². The minimum Gasteiger partial charge on any atom is -0.483 e. The highest BCUT2D eigenvalue weighted by molar-refractivity contribution is 6.30. The van der Waals surface area contributed by atoms with E-state index in [-0.39, 0.29) is 12.3 Å². The molecule has 2 aromatic rings. The summed E-state index contributed by atoms with van der Waals surface area (Å²) in [5.41, 5.74) is 1.65. The molecule has 0 aliphatic heterocycles. The molecule has 23 heavy (non-hydrogen) atoms. The van der Waals surface area contributed by atoms with Crippen molar-refractivity contribution in [2.75, 3.05) is 11.9 Å². The average molecular weight is 335 g/mol. The summed E-state index contributed by atoms with van der Waals surface area (Å²) in [5.74, 6) is 0.150. The summed E-state index contributed by atoms with van der Waals surface area (Å²) in [4.78, 5) is 22.3. The number of nitro benzene ring substituents is 1. The summed E-state index contributed by atoms with van der Waals surface area (Å²) in [6.45, 7) is 3.25. The third-order valence-electron chi connectivity index (χ3n) is 3.19. The summed E-state index contributed by atoms with van der Waals surface area (Å²) in [6, 6.07) is 9.59. The maximum atomic E-state index is 11.9. The van der Waals surface area contributed by atoms with Gasteiger partial charge in [-0.3, -0.25) is 14.9 Å². The van der Waals surface area contributed by atoms with Crippen molar-refractivity contribution in [1.82, 2.24) is 0 Å². The Morgan fingerprint density at radius 3 is 2.61 bits per heavy atom. The molecule has 0 saturated carbocycles. The molecule has 0 unspecified atom stereocenters. The van der Waals surface area contributed by atoms with Crippen molar-refractivity contribution in [3.8, 4) is 5.75 Å². The van der Waals surface area contributed by atoms with E-state index in [2.05, 4.69) is 5.32 Å². The van der Waals surface area contributed by atoms with Crippen LogP contribution in [0.1, 0.15) is 11.1 Å². The number of carbonyl (C=O) groups is 1. The third kappa shape index (κ3) is 4.43. The number of nitrogens with zero attached hydrogens (tertiary/aromatic N) is 1. The standard InChI is InChI=1S/C16H15ClN2O4/c1-10-3-5-13(8-14(10)19(21)22)18-16(20)9-23-15-6-4-12(17)7-11(15)2/h3-8H,9H2,1-2H3,(H,18,20). The fourth-order valence-electron chi connectivity index (χ4n) is 2.00. The van der Waals surface area contributed by atoms with Gasteiger partial charge in [0.2, 0.25) is 0 Å². The lowest BCUT2D eigenvalue weighted by Gasteiger charge is -2.10. The molecular formula is C16H15ClN2O4. The molecule has 2 rings (SSSR count). The van der Waals surface area contributed by atoms with E-state index in [1.54, 1.807) is 37.3 Å². The van der Waals surface area contributed by atoms with Crippen LogP contribution in [0.3, 0.4) is 0 Å². The van der Waals surface area contributed by atoms with E-state index in [4.69, 9.17) is 16.3 Å². The molecule has 2 aromatic carbocycles. The van der Waals surface area contributed by atoms with Crippen molar-refractivity contribution in [3.05, 3.63) is 62.7 Å². The van der Waals surface area contributed by atoms with Gasteiger partial charge in [-0.1, -0.05) is 17.7 Å². The van der Waals surface area contributed by atoms with E-state index < -0.39 is 10.8 Å². The van der Waals surface area contributed by atoms with Gasteiger partial charge in [0.25, 0.3) is 11.6 Å². The largest absolute Gasteiger partial charge is 0.483 e. The maximum Gasteiger partial charge on any atom is 0.274 e. The Balaban J connectivity index is 2.00. The predicted octanol–water partition coefficient (Wildman–Crippen LogP) is 3.88. The Morgan fingerprint density at radius 2 is 1.96 bits per heavy atom. The summed E-state index contributed by atoms with van der Waals surface area (Å²) in [7, 11) is 0. The molecule has 0 fully saturated rings. The van der Waals surface area contributed by atoms with E-state index in [0.717, 1.165) is 5.56 Å². The zero-order valence-corrected chi connectivity index (χ0v) is 13.4. The van der Waals surface area contributed by atoms with Gasteiger partial charge in [0, 0.05) is 22.3 Å². The van der Waals surface area contributed by atoms with Gasteiger partial charge in [-0.05, 0) is 43.7 Å². The Kier molecular flexibility index (Phi) is 5.18. The van der Waals surface area contributed by atoms with E-state index in [1.165, 1.54) is 6.07 Å². The number of hydrogen-bond acceptors (Lipinski definition) is 4. The molecule has 0 spiro atoms. The molecule has 0 saturated heterocycles. The number of nitro groups is 1. The molecule has 0 heterocycles. The van der Waals surface area contributed by atoms with E-state index in [1.807, 2.05) is 6.92 Å². The van der Waals surface area contributed by atoms with Crippen LogP contribution in [0.15, 0.2) is 36.4 Å².